The molecule has 2 heterocycles. The van der Waals surface area contributed by atoms with Crippen LogP contribution in [-0.4, -0.2) is 34.4 Å². The Morgan fingerprint density at radius 2 is 2.20 bits per heavy atom. The van der Waals surface area contributed by atoms with E-state index in [1.54, 1.807) is 14.0 Å². The van der Waals surface area contributed by atoms with Gasteiger partial charge in [-0.25, -0.2) is 4.98 Å². The molecule has 0 spiro atoms. The average Bonchev–Trinajstić information content (AvgIpc) is 3.09. The van der Waals surface area contributed by atoms with Crippen molar-refractivity contribution >= 4 is 5.91 Å². The van der Waals surface area contributed by atoms with Crippen molar-refractivity contribution in [1.29, 1.82) is 0 Å². The zero-order valence-electron chi connectivity index (χ0n) is 14.8. The molecular weight excluding hydrogens is 318 g/mol. The first-order valence-electron chi connectivity index (χ1n) is 8.49. The third-order valence-electron chi connectivity index (χ3n) is 4.79. The molecule has 6 heteroatoms. The second-order valence-corrected chi connectivity index (χ2v) is 6.44. The molecule has 0 radical (unpaired) electrons. The van der Waals surface area contributed by atoms with Gasteiger partial charge in [-0.2, -0.15) is 0 Å². The van der Waals surface area contributed by atoms with Gasteiger partial charge in [0.15, 0.2) is 0 Å². The predicted octanol–water partition coefficient (Wildman–Crippen LogP) is 2.30. The van der Waals surface area contributed by atoms with Crippen LogP contribution in [0.25, 0.3) is 0 Å². The molecule has 6 nitrogen and oxygen atoms in total. The number of nitrogens with zero attached hydrogens (tertiary/aromatic N) is 2. The van der Waals surface area contributed by atoms with Crippen molar-refractivity contribution in [3.05, 3.63) is 57.3 Å². The lowest BCUT2D eigenvalue weighted by atomic mass is 10.1. The second-order valence-electron chi connectivity index (χ2n) is 6.44. The number of likely N-dealkylation sites (tertiary alicyclic amines) is 1. The highest BCUT2D eigenvalue weighted by Gasteiger charge is 2.31. The minimum Gasteiger partial charge on any atom is -0.497 e. The summed E-state index contributed by atoms with van der Waals surface area (Å²) < 4.78 is 5.22. The lowest BCUT2D eigenvalue weighted by Gasteiger charge is -2.24. The maximum absolute atomic E-state index is 12.8. The molecular formula is C19H23N3O3. The van der Waals surface area contributed by atoms with E-state index < -0.39 is 0 Å². The van der Waals surface area contributed by atoms with Crippen molar-refractivity contribution in [1.82, 2.24) is 14.9 Å². The molecule has 1 saturated heterocycles. The summed E-state index contributed by atoms with van der Waals surface area (Å²) in [6, 6.07) is 7.37. The number of hydrogen-bond donors (Lipinski definition) is 1. The molecule has 1 atom stereocenters. The Morgan fingerprint density at radius 1 is 1.40 bits per heavy atom. The third kappa shape index (κ3) is 3.57. The third-order valence-corrected chi connectivity index (χ3v) is 4.79. The van der Waals surface area contributed by atoms with Crippen LogP contribution < -0.4 is 10.3 Å². The summed E-state index contributed by atoms with van der Waals surface area (Å²) in [6.07, 6.45) is 2.03. The Hall–Kier alpha value is -2.63. The first kappa shape index (κ1) is 17.2. The predicted molar refractivity (Wildman–Crippen MR) is 94.7 cm³/mol. The minimum absolute atomic E-state index is 0.0385. The summed E-state index contributed by atoms with van der Waals surface area (Å²) in [5.74, 6) is 1.37. The van der Waals surface area contributed by atoms with Crippen molar-refractivity contribution in [2.45, 2.75) is 39.2 Å². The molecule has 1 fully saturated rings. The second kappa shape index (κ2) is 7.09. The van der Waals surface area contributed by atoms with Gasteiger partial charge >= 0.3 is 0 Å². The van der Waals surface area contributed by atoms with Crippen LogP contribution in [0, 0.1) is 13.8 Å². The Kier molecular flexibility index (Phi) is 4.88. The van der Waals surface area contributed by atoms with Gasteiger partial charge in [0.1, 0.15) is 11.6 Å². The molecule has 0 unspecified atom stereocenters. The van der Waals surface area contributed by atoms with Crippen molar-refractivity contribution in [2.24, 2.45) is 0 Å². The molecule has 1 aromatic carbocycles. The quantitative estimate of drug-likeness (QED) is 0.926. The van der Waals surface area contributed by atoms with E-state index >= 15 is 0 Å². The van der Waals surface area contributed by atoms with Gasteiger partial charge in [0.05, 0.1) is 19.6 Å². The van der Waals surface area contributed by atoms with E-state index in [-0.39, 0.29) is 17.5 Å². The molecule has 132 valence electrons. The van der Waals surface area contributed by atoms with E-state index in [1.165, 1.54) is 0 Å². The Bertz CT molecular complexity index is 844. The van der Waals surface area contributed by atoms with Crippen LogP contribution in [0.2, 0.25) is 0 Å². The number of aromatic amines is 1. The summed E-state index contributed by atoms with van der Waals surface area (Å²) in [5, 5.41) is 0. The van der Waals surface area contributed by atoms with Crippen molar-refractivity contribution in [2.75, 3.05) is 13.7 Å². The lowest BCUT2D eigenvalue weighted by Crippen LogP contribution is -2.34. The van der Waals surface area contributed by atoms with Crippen LogP contribution >= 0.6 is 0 Å². The maximum atomic E-state index is 12.8. The summed E-state index contributed by atoms with van der Waals surface area (Å²) in [5.41, 5.74) is 2.12. The monoisotopic (exact) mass is 341 g/mol. The molecule has 0 aliphatic carbocycles. The van der Waals surface area contributed by atoms with E-state index in [0.717, 1.165) is 24.2 Å². The van der Waals surface area contributed by atoms with Crippen molar-refractivity contribution in [3.63, 3.8) is 0 Å². The van der Waals surface area contributed by atoms with Gasteiger partial charge in [0.25, 0.3) is 5.56 Å². The Labute approximate surface area is 146 Å². The fraction of sp³-hybridized carbons (Fsp3) is 0.421. The number of aromatic nitrogens is 2. The first-order chi connectivity index (χ1) is 12.0. The van der Waals surface area contributed by atoms with Crippen LogP contribution in [-0.2, 0) is 11.2 Å². The fourth-order valence-corrected chi connectivity index (χ4v) is 3.23. The van der Waals surface area contributed by atoms with E-state index in [9.17, 15) is 9.59 Å². The number of methoxy groups -OCH3 is 1. The van der Waals surface area contributed by atoms with Crippen molar-refractivity contribution < 1.29 is 9.53 Å². The Balaban J connectivity index is 1.81. The van der Waals surface area contributed by atoms with Crippen LogP contribution in [0.4, 0.5) is 0 Å². The molecule has 1 N–H and O–H groups in total. The number of carbonyl (C=O) groups excluding carboxylic acids is 1. The number of amides is 1. The average molecular weight is 341 g/mol. The summed E-state index contributed by atoms with van der Waals surface area (Å²) in [6.45, 7) is 4.26. The Morgan fingerprint density at radius 3 is 2.92 bits per heavy atom. The molecule has 1 aliphatic heterocycles. The zero-order valence-corrected chi connectivity index (χ0v) is 14.8. The molecule has 0 saturated carbocycles. The van der Waals surface area contributed by atoms with E-state index in [4.69, 9.17) is 4.74 Å². The normalized spacial score (nSPS) is 16.9. The zero-order chi connectivity index (χ0) is 18.0. The largest absolute Gasteiger partial charge is 0.497 e. The van der Waals surface area contributed by atoms with Crippen LogP contribution in [0.1, 0.15) is 41.5 Å². The van der Waals surface area contributed by atoms with E-state index in [0.29, 0.717) is 30.0 Å². The summed E-state index contributed by atoms with van der Waals surface area (Å²) in [4.78, 5) is 34.0. The van der Waals surface area contributed by atoms with Crippen molar-refractivity contribution in [3.8, 4) is 5.75 Å². The highest BCUT2D eigenvalue weighted by atomic mass is 16.5. The SMILES string of the molecule is COc1cccc(CC(=O)N2CCC[C@H]2c2nc(C)c(C)c(=O)[nH]2)c1. The van der Waals surface area contributed by atoms with Crippen LogP contribution in [0.15, 0.2) is 29.1 Å². The number of hydrogen-bond acceptors (Lipinski definition) is 4. The lowest BCUT2D eigenvalue weighted by molar-refractivity contribution is -0.131. The number of benzene rings is 1. The number of ether oxygens (including phenoxy) is 1. The number of aryl methyl sites for hydroxylation is 1. The maximum Gasteiger partial charge on any atom is 0.254 e. The first-order valence-corrected chi connectivity index (χ1v) is 8.49. The van der Waals surface area contributed by atoms with E-state index in [2.05, 4.69) is 9.97 Å². The molecule has 25 heavy (non-hydrogen) atoms. The van der Waals surface area contributed by atoms with Gasteiger partial charge in [0, 0.05) is 17.8 Å². The van der Waals surface area contributed by atoms with Gasteiger partial charge in [-0.05, 0) is 44.4 Å². The standard InChI is InChI=1S/C19H23N3O3/c1-12-13(2)20-18(21-19(12)24)16-8-5-9-22(16)17(23)11-14-6-4-7-15(10-14)25-3/h4,6-7,10,16H,5,8-9,11H2,1-3H3,(H,20,21,24)/t16-/m0/s1. The van der Waals surface area contributed by atoms with Crippen LogP contribution in [0.3, 0.4) is 0 Å². The molecule has 3 rings (SSSR count). The summed E-state index contributed by atoms with van der Waals surface area (Å²) >= 11 is 0. The number of carbonyl (C=O) groups is 1. The van der Waals surface area contributed by atoms with Crippen LogP contribution in [0.5, 0.6) is 5.75 Å². The van der Waals surface area contributed by atoms with Gasteiger partial charge in [-0.15, -0.1) is 0 Å². The number of H-pyrrole nitrogens is 1. The highest BCUT2D eigenvalue weighted by molar-refractivity contribution is 5.79. The molecule has 0 bridgehead atoms. The minimum atomic E-state index is -0.162. The van der Waals surface area contributed by atoms with Gasteiger partial charge in [-0.3, -0.25) is 9.59 Å². The molecule has 1 aromatic heterocycles. The molecule has 1 aliphatic rings. The number of nitrogens with one attached hydrogen (secondary N) is 1. The topological polar surface area (TPSA) is 75.3 Å². The van der Waals surface area contributed by atoms with E-state index in [1.807, 2.05) is 36.1 Å². The van der Waals surface area contributed by atoms with Gasteiger partial charge in [0.2, 0.25) is 5.91 Å². The fourth-order valence-electron chi connectivity index (χ4n) is 3.23. The number of rotatable bonds is 4. The summed E-state index contributed by atoms with van der Waals surface area (Å²) in [7, 11) is 1.61. The molecule has 2 aromatic rings. The highest BCUT2D eigenvalue weighted by Crippen LogP contribution is 2.30. The molecule has 1 amide bonds. The smallest absolute Gasteiger partial charge is 0.254 e. The van der Waals surface area contributed by atoms with Gasteiger partial charge < -0.3 is 14.6 Å². The van der Waals surface area contributed by atoms with Gasteiger partial charge in [-0.1, -0.05) is 12.1 Å².